The first-order valence-electron chi connectivity index (χ1n) is 7.72. The minimum atomic E-state index is -0.411. The molecule has 1 saturated heterocycles. The largest absolute Gasteiger partial charge is 0.350 e. The van der Waals surface area contributed by atoms with Gasteiger partial charge in [-0.3, -0.25) is 9.20 Å². The van der Waals surface area contributed by atoms with Crippen LogP contribution in [-0.2, 0) is 9.57 Å². The molecule has 1 fully saturated rings. The first-order chi connectivity index (χ1) is 11.7. The zero-order chi connectivity index (χ0) is 16.5. The van der Waals surface area contributed by atoms with Gasteiger partial charge in [0.1, 0.15) is 6.33 Å². The predicted molar refractivity (Wildman–Crippen MR) is 87.6 cm³/mol. The van der Waals surface area contributed by atoms with Crippen molar-refractivity contribution in [3.63, 3.8) is 0 Å². The third kappa shape index (κ3) is 2.82. The van der Waals surface area contributed by atoms with Crippen LogP contribution in [0.15, 0.2) is 30.6 Å². The lowest BCUT2D eigenvalue weighted by Crippen LogP contribution is -2.33. The summed E-state index contributed by atoms with van der Waals surface area (Å²) in [5, 5.41) is 9.35. The monoisotopic (exact) mass is 346 g/mol. The molecule has 7 nitrogen and oxygen atoms in total. The van der Waals surface area contributed by atoms with Crippen LogP contribution in [-0.4, -0.2) is 33.4 Å². The van der Waals surface area contributed by atoms with E-state index < -0.39 is 12.2 Å². The van der Waals surface area contributed by atoms with Crippen molar-refractivity contribution >= 4 is 34.1 Å². The van der Waals surface area contributed by atoms with Gasteiger partial charge in [0, 0.05) is 23.4 Å². The average Bonchev–Trinajstić information content (AvgIpc) is 3.09. The summed E-state index contributed by atoms with van der Waals surface area (Å²) >= 11 is 6.06. The van der Waals surface area contributed by atoms with Crippen LogP contribution in [0.1, 0.15) is 29.6 Å². The molecule has 2 aromatic heterocycles. The molecule has 0 aliphatic carbocycles. The van der Waals surface area contributed by atoms with Crippen molar-refractivity contribution in [2.24, 2.45) is 0 Å². The van der Waals surface area contributed by atoms with Gasteiger partial charge in [-0.05, 0) is 37.1 Å². The Bertz CT molecular complexity index is 905. The van der Waals surface area contributed by atoms with Crippen LogP contribution < -0.4 is 5.48 Å². The Balaban J connectivity index is 1.66. The van der Waals surface area contributed by atoms with Gasteiger partial charge in [-0.25, -0.2) is 10.3 Å². The molecular weight excluding hydrogens is 332 g/mol. The van der Waals surface area contributed by atoms with Crippen molar-refractivity contribution in [3.05, 3.63) is 41.2 Å². The van der Waals surface area contributed by atoms with E-state index in [4.69, 9.17) is 21.2 Å². The van der Waals surface area contributed by atoms with Gasteiger partial charge in [0.25, 0.3) is 5.91 Å². The van der Waals surface area contributed by atoms with E-state index in [1.165, 1.54) is 0 Å². The normalized spacial score (nSPS) is 18.1. The lowest BCUT2D eigenvalue weighted by Gasteiger charge is -2.22. The van der Waals surface area contributed by atoms with Gasteiger partial charge in [0.2, 0.25) is 0 Å². The molecule has 0 bridgehead atoms. The predicted octanol–water partition coefficient (Wildman–Crippen LogP) is 2.72. The SMILES string of the molecule is O=C(NOC1CCCCO1)c1cc2cc(Cl)ccc2n2cnnc12. The summed E-state index contributed by atoms with van der Waals surface area (Å²) < 4.78 is 7.18. The Labute approximate surface area is 142 Å². The molecule has 3 heterocycles. The van der Waals surface area contributed by atoms with Crippen molar-refractivity contribution in [2.45, 2.75) is 25.6 Å². The Kier molecular flexibility index (Phi) is 4.05. The number of hydrogen-bond acceptors (Lipinski definition) is 5. The second kappa shape index (κ2) is 6.35. The van der Waals surface area contributed by atoms with E-state index in [2.05, 4.69) is 15.7 Å². The fourth-order valence-corrected chi connectivity index (χ4v) is 3.00. The second-order valence-corrected chi connectivity index (χ2v) is 6.07. The number of carbonyl (C=O) groups is 1. The molecule has 1 amide bonds. The third-order valence-corrected chi connectivity index (χ3v) is 4.24. The smallest absolute Gasteiger partial charge is 0.278 e. The Morgan fingerprint density at radius 3 is 3.12 bits per heavy atom. The molecule has 1 aliphatic rings. The van der Waals surface area contributed by atoms with E-state index >= 15 is 0 Å². The highest BCUT2D eigenvalue weighted by atomic mass is 35.5. The van der Waals surface area contributed by atoms with Crippen molar-refractivity contribution in [1.29, 1.82) is 0 Å². The van der Waals surface area contributed by atoms with Crippen LogP contribution in [0.5, 0.6) is 0 Å². The molecule has 1 atom stereocenters. The van der Waals surface area contributed by atoms with E-state index in [0.717, 1.165) is 30.2 Å². The van der Waals surface area contributed by atoms with Gasteiger partial charge >= 0.3 is 0 Å². The number of amides is 1. The van der Waals surface area contributed by atoms with Crippen LogP contribution in [0.25, 0.3) is 16.6 Å². The van der Waals surface area contributed by atoms with Gasteiger partial charge in [-0.1, -0.05) is 11.6 Å². The number of hydroxylamine groups is 1. The fraction of sp³-hybridized carbons (Fsp3) is 0.312. The fourth-order valence-electron chi connectivity index (χ4n) is 2.82. The molecule has 0 spiro atoms. The summed E-state index contributed by atoms with van der Waals surface area (Å²) in [4.78, 5) is 17.9. The van der Waals surface area contributed by atoms with Crippen LogP contribution in [0, 0.1) is 0 Å². The standard InChI is InChI=1S/C16H15ClN4O3/c17-11-4-5-13-10(7-11)8-12(15-19-18-9-21(13)15)16(22)20-24-14-3-1-2-6-23-14/h4-5,7-9,14H,1-3,6H2,(H,20,22). The number of rotatable bonds is 3. The Morgan fingerprint density at radius 2 is 2.29 bits per heavy atom. The molecule has 1 aromatic carbocycles. The number of pyridine rings is 1. The molecule has 124 valence electrons. The maximum atomic E-state index is 12.5. The number of nitrogens with one attached hydrogen (secondary N) is 1. The lowest BCUT2D eigenvalue weighted by molar-refractivity contribution is -0.186. The minimum Gasteiger partial charge on any atom is -0.350 e. The summed E-state index contributed by atoms with van der Waals surface area (Å²) in [6.07, 6.45) is 3.94. The average molecular weight is 347 g/mol. The van der Waals surface area contributed by atoms with Crippen molar-refractivity contribution in [1.82, 2.24) is 20.1 Å². The molecule has 24 heavy (non-hydrogen) atoms. The summed E-state index contributed by atoms with van der Waals surface area (Å²) in [7, 11) is 0. The van der Waals surface area contributed by atoms with Gasteiger partial charge in [0.15, 0.2) is 11.9 Å². The zero-order valence-electron chi connectivity index (χ0n) is 12.7. The number of benzene rings is 1. The molecule has 3 aromatic rings. The van der Waals surface area contributed by atoms with E-state index in [1.807, 2.05) is 6.07 Å². The van der Waals surface area contributed by atoms with E-state index in [1.54, 1.807) is 28.9 Å². The molecular formula is C16H15ClN4O3. The van der Waals surface area contributed by atoms with Crippen molar-refractivity contribution in [2.75, 3.05) is 6.61 Å². The number of nitrogens with zero attached hydrogens (tertiary/aromatic N) is 3. The lowest BCUT2D eigenvalue weighted by atomic mass is 10.1. The summed E-state index contributed by atoms with van der Waals surface area (Å²) in [6, 6.07) is 7.17. The molecule has 4 rings (SSSR count). The van der Waals surface area contributed by atoms with Gasteiger partial charge < -0.3 is 4.74 Å². The van der Waals surface area contributed by atoms with Crippen LogP contribution in [0.3, 0.4) is 0 Å². The molecule has 0 saturated carbocycles. The molecule has 1 aliphatic heterocycles. The quantitative estimate of drug-likeness (QED) is 0.738. The van der Waals surface area contributed by atoms with E-state index in [0.29, 0.717) is 22.8 Å². The van der Waals surface area contributed by atoms with Crippen LogP contribution in [0.2, 0.25) is 5.02 Å². The number of halogens is 1. The Morgan fingerprint density at radius 1 is 1.38 bits per heavy atom. The maximum Gasteiger partial charge on any atom is 0.278 e. The molecule has 1 unspecified atom stereocenters. The molecule has 0 radical (unpaired) electrons. The van der Waals surface area contributed by atoms with Crippen LogP contribution in [0.4, 0.5) is 0 Å². The highest BCUT2D eigenvalue weighted by Gasteiger charge is 2.19. The first-order valence-corrected chi connectivity index (χ1v) is 8.10. The Hall–Kier alpha value is -2.22. The number of aromatic nitrogens is 3. The number of hydrogen-bond donors (Lipinski definition) is 1. The summed E-state index contributed by atoms with van der Waals surface area (Å²) in [6.45, 7) is 0.642. The molecule has 8 heteroatoms. The first kappa shape index (κ1) is 15.3. The van der Waals surface area contributed by atoms with Gasteiger partial charge in [0.05, 0.1) is 11.1 Å². The summed E-state index contributed by atoms with van der Waals surface area (Å²) in [5.74, 6) is -0.399. The topological polar surface area (TPSA) is 77.8 Å². The summed E-state index contributed by atoms with van der Waals surface area (Å²) in [5.41, 5.74) is 4.13. The van der Waals surface area contributed by atoms with Crippen molar-refractivity contribution < 1.29 is 14.4 Å². The van der Waals surface area contributed by atoms with E-state index in [-0.39, 0.29) is 0 Å². The zero-order valence-corrected chi connectivity index (χ0v) is 13.5. The van der Waals surface area contributed by atoms with Gasteiger partial charge in [-0.15, -0.1) is 10.2 Å². The number of fused-ring (bicyclic) bond motifs is 3. The number of carbonyl (C=O) groups excluding carboxylic acids is 1. The maximum absolute atomic E-state index is 12.5. The second-order valence-electron chi connectivity index (χ2n) is 5.63. The third-order valence-electron chi connectivity index (χ3n) is 4.00. The molecule has 1 N–H and O–H groups in total. The van der Waals surface area contributed by atoms with Crippen molar-refractivity contribution in [3.8, 4) is 0 Å². The highest BCUT2D eigenvalue weighted by molar-refractivity contribution is 6.31. The number of ether oxygens (including phenoxy) is 1. The van der Waals surface area contributed by atoms with Gasteiger partial charge in [-0.2, -0.15) is 0 Å². The van der Waals surface area contributed by atoms with Crippen LogP contribution >= 0.6 is 11.6 Å². The minimum absolute atomic E-state index is 0.359. The van der Waals surface area contributed by atoms with E-state index in [9.17, 15) is 4.79 Å². The highest BCUT2D eigenvalue weighted by Crippen LogP contribution is 2.23.